The molecule has 0 bridgehead atoms. The van der Waals surface area contributed by atoms with Crippen molar-refractivity contribution in [2.24, 2.45) is 0 Å². The molecule has 0 radical (unpaired) electrons. The first-order chi connectivity index (χ1) is 13.6. The van der Waals surface area contributed by atoms with Crippen LogP contribution in [0.1, 0.15) is 17.9 Å². The molecule has 0 saturated heterocycles. The fourth-order valence-corrected chi connectivity index (χ4v) is 2.97. The number of hydrogen-bond donors (Lipinski definition) is 1. The van der Waals surface area contributed by atoms with Gasteiger partial charge < -0.3 is 19.3 Å². The number of aromatic nitrogens is 2. The summed E-state index contributed by atoms with van der Waals surface area (Å²) in [5.41, 5.74) is 2.50. The Labute approximate surface area is 166 Å². The molecule has 0 unspecified atom stereocenters. The van der Waals surface area contributed by atoms with Crippen LogP contribution < -0.4 is 14.8 Å². The maximum Gasteiger partial charge on any atom is 0.227 e. The summed E-state index contributed by atoms with van der Waals surface area (Å²) in [4.78, 5) is 16.6. The van der Waals surface area contributed by atoms with Crippen molar-refractivity contribution in [2.75, 3.05) is 18.5 Å². The second-order valence-corrected chi connectivity index (χ2v) is 6.81. The number of nitrogens with zero attached hydrogens (tertiary/aromatic N) is 2. The van der Waals surface area contributed by atoms with Gasteiger partial charge in [-0.15, -0.1) is 0 Å². The average Bonchev–Trinajstić information content (AvgIpc) is 3.16. The lowest BCUT2D eigenvalue weighted by atomic mass is 10.1. The third-order valence-corrected chi connectivity index (χ3v) is 4.56. The summed E-state index contributed by atoms with van der Waals surface area (Å²) in [5.74, 6) is 1.83. The zero-order chi connectivity index (χ0) is 19.5. The van der Waals surface area contributed by atoms with Gasteiger partial charge in [0.1, 0.15) is 13.2 Å². The normalized spacial score (nSPS) is 12.6. The van der Waals surface area contributed by atoms with Crippen LogP contribution >= 0.6 is 11.6 Å². The maximum absolute atomic E-state index is 12.3. The highest BCUT2D eigenvalue weighted by atomic mass is 35.5. The van der Waals surface area contributed by atoms with E-state index in [1.807, 2.05) is 31.2 Å². The highest BCUT2D eigenvalue weighted by Gasteiger charge is 2.17. The molecular formula is C20H18ClN3O4. The van der Waals surface area contributed by atoms with Gasteiger partial charge >= 0.3 is 0 Å². The summed E-state index contributed by atoms with van der Waals surface area (Å²) in [6.07, 6.45) is 0.507. The van der Waals surface area contributed by atoms with Crippen molar-refractivity contribution >= 4 is 23.2 Å². The van der Waals surface area contributed by atoms with Crippen LogP contribution in [-0.2, 0) is 11.2 Å². The molecule has 1 N–H and O–H groups in total. The molecule has 1 aliphatic heterocycles. The summed E-state index contributed by atoms with van der Waals surface area (Å²) >= 11 is 6.21. The standard InChI is InChI=1S/C20H18ClN3O4/c1-12-2-4-13(5-3-12)20-23-19(28-24-20)7-6-18(25)22-15-11-17-16(10-14(15)21)26-8-9-27-17/h2-5,10-11H,6-9H2,1H3,(H,22,25). The lowest BCUT2D eigenvalue weighted by Gasteiger charge is -2.20. The summed E-state index contributed by atoms with van der Waals surface area (Å²) in [6, 6.07) is 11.1. The van der Waals surface area contributed by atoms with Gasteiger partial charge in [0, 0.05) is 30.5 Å². The smallest absolute Gasteiger partial charge is 0.227 e. The first kappa shape index (κ1) is 18.3. The molecular weight excluding hydrogens is 382 g/mol. The zero-order valence-electron chi connectivity index (χ0n) is 15.2. The van der Waals surface area contributed by atoms with Crippen LogP contribution in [0.3, 0.4) is 0 Å². The second kappa shape index (κ2) is 7.90. The summed E-state index contributed by atoms with van der Waals surface area (Å²) in [7, 11) is 0. The monoisotopic (exact) mass is 399 g/mol. The maximum atomic E-state index is 12.3. The molecule has 2 heterocycles. The Kier molecular flexibility index (Phi) is 5.16. The number of ether oxygens (including phenoxy) is 2. The number of hydrogen-bond acceptors (Lipinski definition) is 6. The van der Waals surface area contributed by atoms with Crippen LogP contribution in [0, 0.1) is 6.92 Å². The van der Waals surface area contributed by atoms with Gasteiger partial charge in [0.2, 0.25) is 17.6 Å². The Morgan fingerprint density at radius 1 is 1.14 bits per heavy atom. The van der Waals surface area contributed by atoms with Gasteiger partial charge in [0.05, 0.1) is 10.7 Å². The van der Waals surface area contributed by atoms with E-state index in [-0.39, 0.29) is 12.3 Å². The van der Waals surface area contributed by atoms with Gasteiger partial charge in [-0.25, -0.2) is 0 Å². The van der Waals surface area contributed by atoms with E-state index in [1.165, 1.54) is 0 Å². The third-order valence-electron chi connectivity index (χ3n) is 4.25. The number of carbonyl (C=O) groups excluding carboxylic acids is 1. The minimum Gasteiger partial charge on any atom is -0.486 e. The minimum absolute atomic E-state index is 0.181. The van der Waals surface area contributed by atoms with Crippen molar-refractivity contribution in [2.45, 2.75) is 19.8 Å². The Bertz CT molecular complexity index is 1000. The molecule has 0 saturated carbocycles. The van der Waals surface area contributed by atoms with E-state index in [0.29, 0.717) is 53.6 Å². The van der Waals surface area contributed by atoms with Gasteiger partial charge in [-0.05, 0) is 6.92 Å². The van der Waals surface area contributed by atoms with Crippen LogP contribution in [0.4, 0.5) is 5.69 Å². The van der Waals surface area contributed by atoms with Crippen LogP contribution in [0.5, 0.6) is 11.5 Å². The van der Waals surface area contributed by atoms with Gasteiger partial charge in [-0.3, -0.25) is 4.79 Å². The highest BCUT2D eigenvalue weighted by Crippen LogP contribution is 2.38. The predicted octanol–water partition coefficient (Wildman–Crippen LogP) is 4.04. The van der Waals surface area contributed by atoms with Crippen molar-refractivity contribution < 1.29 is 18.8 Å². The summed E-state index contributed by atoms with van der Waals surface area (Å²) in [5, 5.41) is 7.14. The van der Waals surface area contributed by atoms with Gasteiger partial charge in [0.15, 0.2) is 11.5 Å². The molecule has 28 heavy (non-hydrogen) atoms. The number of anilines is 1. The summed E-state index contributed by atoms with van der Waals surface area (Å²) < 4.78 is 16.2. The second-order valence-electron chi connectivity index (χ2n) is 6.40. The number of halogens is 1. The Hall–Kier alpha value is -3.06. The Balaban J connectivity index is 1.37. The number of amides is 1. The molecule has 4 rings (SSSR count). The first-order valence-electron chi connectivity index (χ1n) is 8.87. The van der Waals surface area contributed by atoms with Crippen molar-refractivity contribution in [1.82, 2.24) is 10.1 Å². The topological polar surface area (TPSA) is 86.5 Å². The lowest BCUT2D eigenvalue weighted by Crippen LogP contribution is -2.17. The molecule has 0 aliphatic carbocycles. The molecule has 3 aromatic rings. The fraction of sp³-hybridized carbons (Fsp3) is 0.250. The number of fused-ring (bicyclic) bond motifs is 1. The minimum atomic E-state index is -0.214. The molecule has 1 aliphatic rings. The van der Waals surface area contributed by atoms with Gasteiger partial charge in [-0.2, -0.15) is 4.98 Å². The third kappa shape index (κ3) is 4.09. The number of nitrogens with one attached hydrogen (secondary N) is 1. The zero-order valence-corrected chi connectivity index (χ0v) is 16.0. The summed E-state index contributed by atoms with van der Waals surface area (Å²) in [6.45, 7) is 2.95. The van der Waals surface area contributed by atoms with Crippen molar-refractivity contribution in [3.63, 3.8) is 0 Å². The molecule has 1 amide bonds. The van der Waals surface area contributed by atoms with Crippen molar-refractivity contribution in [3.05, 3.63) is 52.9 Å². The lowest BCUT2D eigenvalue weighted by molar-refractivity contribution is -0.116. The van der Waals surface area contributed by atoms with Crippen LogP contribution in [0.25, 0.3) is 11.4 Å². The van der Waals surface area contributed by atoms with Crippen LogP contribution in [0.15, 0.2) is 40.9 Å². The molecule has 0 fully saturated rings. The van der Waals surface area contributed by atoms with Crippen LogP contribution in [-0.4, -0.2) is 29.3 Å². The van der Waals surface area contributed by atoms with Crippen molar-refractivity contribution in [1.29, 1.82) is 0 Å². The average molecular weight is 400 g/mol. The number of benzene rings is 2. The highest BCUT2D eigenvalue weighted by molar-refractivity contribution is 6.34. The van der Waals surface area contributed by atoms with Gasteiger partial charge in [-0.1, -0.05) is 46.6 Å². The molecule has 0 spiro atoms. The number of rotatable bonds is 5. The first-order valence-corrected chi connectivity index (χ1v) is 9.25. The largest absolute Gasteiger partial charge is 0.486 e. The van der Waals surface area contributed by atoms with E-state index < -0.39 is 0 Å². The van der Waals surface area contributed by atoms with E-state index in [1.54, 1.807) is 12.1 Å². The molecule has 144 valence electrons. The SMILES string of the molecule is Cc1ccc(-c2noc(CCC(=O)Nc3cc4c(cc3Cl)OCCO4)n2)cc1. The Morgan fingerprint density at radius 3 is 2.61 bits per heavy atom. The molecule has 8 heteroatoms. The molecule has 1 aromatic heterocycles. The predicted molar refractivity (Wildman–Crippen MR) is 104 cm³/mol. The Morgan fingerprint density at radius 2 is 1.86 bits per heavy atom. The number of aryl methyl sites for hydroxylation is 2. The van der Waals surface area contributed by atoms with E-state index in [0.717, 1.165) is 11.1 Å². The van der Waals surface area contributed by atoms with E-state index >= 15 is 0 Å². The van der Waals surface area contributed by atoms with E-state index in [2.05, 4.69) is 15.5 Å². The quantitative estimate of drug-likeness (QED) is 0.696. The number of carbonyl (C=O) groups is 1. The van der Waals surface area contributed by atoms with Crippen LogP contribution in [0.2, 0.25) is 5.02 Å². The van der Waals surface area contributed by atoms with Gasteiger partial charge in [0.25, 0.3) is 0 Å². The van der Waals surface area contributed by atoms with E-state index in [4.69, 9.17) is 25.6 Å². The van der Waals surface area contributed by atoms with Crippen molar-refractivity contribution in [3.8, 4) is 22.9 Å². The molecule has 2 aromatic carbocycles. The molecule has 7 nitrogen and oxygen atoms in total. The van der Waals surface area contributed by atoms with E-state index in [9.17, 15) is 4.79 Å². The molecule has 0 atom stereocenters. The fourth-order valence-electron chi connectivity index (χ4n) is 2.77.